The molecule has 0 bridgehead atoms. The van der Waals surface area contributed by atoms with Crippen LogP contribution in [-0.2, 0) is 14.6 Å². The van der Waals surface area contributed by atoms with Crippen molar-refractivity contribution in [2.75, 3.05) is 19.0 Å². The third kappa shape index (κ3) is 6.27. The Bertz CT molecular complexity index is 563. The van der Waals surface area contributed by atoms with Gasteiger partial charge in [0.05, 0.1) is 22.8 Å². The van der Waals surface area contributed by atoms with Gasteiger partial charge in [-0.1, -0.05) is 19.9 Å². The fraction of sp³-hybridized carbons (Fsp3) is 0.533. The summed E-state index contributed by atoms with van der Waals surface area (Å²) in [4.78, 5) is 10.9. The number of carbonyl (C=O) groups is 1. The van der Waals surface area contributed by atoms with Crippen LogP contribution in [-0.4, -0.2) is 38.5 Å². The molecule has 0 aromatic heterocycles. The van der Waals surface area contributed by atoms with E-state index < -0.39 is 15.8 Å². The molecule has 0 saturated carbocycles. The van der Waals surface area contributed by atoms with E-state index in [0.29, 0.717) is 12.5 Å². The number of sulfone groups is 1. The zero-order valence-electron chi connectivity index (χ0n) is 12.4. The maximum Gasteiger partial charge on any atom is 0.335 e. The largest absolute Gasteiger partial charge is 0.478 e. The molecule has 0 aliphatic rings. The lowest BCUT2D eigenvalue weighted by molar-refractivity contribution is 0.0696. The smallest absolute Gasteiger partial charge is 0.335 e. The standard InChI is InChI=1S/C15H22O5S/c1-12(2)5-4-8-20-9-10-21(18,19)14-7-3-6-13(11-14)15(16)17/h3,6-7,11-12H,4-5,8-10H2,1-2H3,(H,16,17). The first-order valence-corrected chi connectivity index (χ1v) is 8.62. The molecule has 0 fully saturated rings. The van der Waals surface area contributed by atoms with Crippen molar-refractivity contribution in [2.24, 2.45) is 5.92 Å². The highest BCUT2D eigenvalue weighted by atomic mass is 32.2. The van der Waals surface area contributed by atoms with Gasteiger partial charge >= 0.3 is 5.97 Å². The molecule has 0 atom stereocenters. The molecule has 118 valence electrons. The molecule has 0 saturated heterocycles. The number of hydrogen-bond acceptors (Lipinski definition) is 4. The molecule has 0 unspecified atom stereocenters. The molecule has 5 nitrogen and oxygen atoms in total. The maximum atomic E-state index is 12.1. The second kappa shape index (κ2) is 8.14. The van der Waals surface area contributed by atoms with Crippen LogP contribution in [0.2, 0.25) is 0 Å². The number of rotatable bonds is 9. The van der Waals surface area contributed by atoms with Crippen molar-refractivity contribution in [3.8, 4) is 0 Å². The van der Waals surface area contributed by atoms with Gasteiger partial charge in [-0.25, -0.2) is 13.2 Å². The minimum atomic E-state index is -3.51. The molecule has 0 spiro atoms. The number of carboxylic acid groups (broad SMARTS) is 1. The van der Waals surface area contributed by atoms with E-state index in [2.05, 4.69) is 13.8 Å². The lowest BCUT2D eigenvalue weighted by Crippen LogP contribution is -2.14. The van der Waals surface area contributed by atoms with Crippen molar-refractivity contribution in [1.29, 1.82) is 0 Å². The minimum absolute atomic E-state index is 0.0215. The van der Waals surface area contributed by atoms with Gasteiger partial charge in [-0.2, -0.15) is 0 Å². The van der Waals surface area contributed by atoms with Crippen LogP contribution < -0.4 is 0 Å². The van der Waals surface area contributed by atoms with Crippen molar-refractivity contribution >= 4 is 15.8 Å². The summed E-state index contributed by atoms with van der Waals surface area (Å²) in [6.07, 6.45) is 1.96. The zero-order chi connectivity index (χ0) is 15.9. The van der Waals surface area contributed by atoms with E-state index in [1.54, 1.807) is 0 Å². The molecule has 0 radical (unpaired) electrons. The fourth-order valence-corrected chi connectivity index (χ4v) is 2.97. The Kier molecular flexibility index (Phi) is 6.84. The van der Waals surface area contributed by atoms with Gasteiger partial charge in [0.1, 0.15) is 0 Å². The molecular weight excluding hydrogens is 292 g/mol. The van der Waals surface area contributed by atoms with Crippen LogP contribution in [0, 0.1) is 5.92 Å². The second-order valence-corrected chi connectivity index (χ2v) is 7.41. The van der Waals surface area contributed by atoms with Crippen LogP contribution in [0.15, 0.2) is 29.2 Å². The molecule has 0 amide bonds. The van der Waals surface area contributed by atoms with E-state index in [-0.39, 0.29) is 22.8 Å². The Hall–Kier alpha value is -1.40. The van der Waals surface area contributed by atoms with Gasteiger partial charge in [-0.3, -0.25) is 0 Å². The number of carboxylic acids is 1. The van der Waals surface area contributed by atoms with Crippen LogP contribution >= 0.6 is 0 Å². The molecule has 21 heavy (non-hydrogen) atoms. The van der Waals surface area contributed by atoms with E-state index in [1.807, 2.05) is 0 Å². The maximum absolute atomic E-state index is 12.1. The summed E-state index contributed by atoms with van der Waals surface area (Å²) in [6, 6.07) is 5.38. The van der Waals surface area contributed by atoms with Crippen molar-refractivity contribution in [1.82, 2.24) is 0 Å². The first kappa shape index (κ1) is 17.7. The minimum Gasteiger partial charge on any atom is -0.478 e. The average Bonchev–Trinajstić information content (AvgIpc) is 2.42. The topological polar surface area (TPSA) is 80.7 Å². The Morgan fingerprint density at radius 2 is 2.00 bits per heavy atom. The van der Waals surface area contributed by atoms with Crippen LogP contribution in [0.1, 0.15) is 37.0 Å². The highest BCUT2D eigenvalue weighted by Gasteiger charge is 2.16. The summed E-state index contributed by atoms with van der Waals surface area (Å²) in [5.74, 6) is -0.675. The van der Waals surface area contributed by atoms with E-state index in [1.165, 1.54) is 24.3 Å². The van der Waals surface area contributed by atoms with Crippen LogP contribution in [0.3, 0.4) is 0 Å². The van der Waals surface area contributed by atoms with Gasteiger partial charge in [-0.05, 0) is 37.0 Å². The molecule has 1 aromatic carbocycles. The van der Waals surface area contributed by atoms with Gasteiger partial charge in [0.2, 0.25) is 0 Å². The van der Waals surface area contributed by atoms with E-state index in [0.717, 1.165) is 12.8 Å². The average molecular weight is 314 g/mol. The molecule has 1 rings (SSSR count). The summed E-state index contributed by atoms with van der Waals surface area (Å²) in [7, 11) is -3.51. The van der Waals surface area contributed by atoms with E-state index in [9.17, 15) is 13.2 Å². The number of hydrogen-bond donors (Lipinski definition) is 1. The summed E-state index contributed by atoms with van der Waals surface area (Å²) in [6.45, 7) is 4.92. The molecule has 0 aliphatic carbocycles. The predicted octanol–water partition coefficient (Wildman–Crippen LogP) is 2.61. The Balaban J connectivity index is 2.50. The lowest BCUT2D eigenvalue weighted by atomic mass is 10.1. The third-order valence-corrected chi connectivity index (χ3v) is 4.68. The summed E-state index contributed by atoms with van der Waals surface area (Å²) in [5, 5.41) is 8.87. The predicted molar refractivity (Wildman–Crippen MR) is 80.3 cm³/mol. The monoisotopic (exact) mass is 314 g/mol. The molecule has 0 heterocycles. The van der Waals surface area contributed by atoms with Gasteiger partial charge in [0, 0.05) is 6.61 Å². The Morgan fingerprint density at radius 3 is 2.62 bits per heavy atom. The van der Waals surface area contributed by atoms with Gasteiger partial charge in [0.25, 0.3) is 0 Å². The van der Waals surface area contributed by atoms with E-state index in [4.69, 9.17) is 9.84 Å². The van der Waals surface area contributed by atoms with Crippen molar-refractivity contribution in [2.45, 2.75) is 31.6 Å². The third-order valence-electron chi connectivity index (χ3n) is 3.01. The van der Waals surface area contributed by atoms with Gasteiger partial charge in [-0.15, -0.1) is 0 Å². The number of ether oxygens (including phenoxy) is 1. The van der Waals surface area contributed by atoms with Gasteiger partial charge in [0.15, 0.2) is 9.84 Å². The fourth-order valence-electron chi connectivity index (χ4n) is 1.80. The normalized spacial score (nSPS) is 11.8. The van der Waals surface area contributed by atoms with Crippen LogP contribution in [0.25, 0.3) is 0 Å². The number of aromatic carboxylic acids is 1. The van der Waals surface area contributed by atoms with Gasteiger partial charge < -0.3 is 9.84 Å². The Labute approximate surface area is 125 Å². The zero-order valence-corrected chi connectivity index (χ0v) is 13.2. The van der Waals surface area contributed by atoms with Crippen LogP contribution in [0.4, 0.5) is 0 Å². The lowest BCUT2D eigenvalue weighted by Gasteiger charge is -2.07. The summed E-state index contributed by atoms with van der Waals surface area (Å²) in [5.41, 5.74) is -0.0334. The molecule has 0 aliphatic heterocycles. The summed E-state index contributed by atoms with van der Waals surface area (Å²) >= 11 is 0. The molecule has 1 aromatic rings. The first-order valence-electron chi connectivity index (χ1n) is 6.97. The quantitative estimate of drug-likeness (QED) is 0.709. The van der Waals surface area contributed by atoms with Crippen molar-refractivity contribution in [3.63, 3.8) is 0 Å². The van der Waals surface area contributed by atoms with Crippen molar-refractivity contribution in [3.05, 3.63) is 29.8 Å². The second-order valence-electron chi connectivity index (χ2n) is 5.30. The SMILES string of the molecule is CC(C)CCCOCCS(=O)(=O)c1cccc(C(=O)O)c1. The highest BCUT2D eigenvalue weighted by Crippen LogP contribution is 2.13. The molecule has 1 N–H and O–H groups in total. The molecule has 6 heteroatoms. The van der Waals surface area contributed by atoms with Crippen LogP contribution in [0.5, 0.6) is 0 Å². The number of benzene rings is 1. The van der Waals surface area contributed by atoms with Crippen molar-refractivity contribution < 1.29 is 23.1 Å². The highest BCUT2D eigenvalue weighted by molar-refractivity contribution is 7.91. The Morgan fingerprint density at radius 1 is 1.29 bits per heavy atom. The first-order chi connectivity index (χ1) is 9.83. The summed E-state index contributed by atoms with van der Waals surface area (Å²) < 4.78 is 29.5. The molecular formula is C15H22O5S. The van der Waals surface area contributed by atoms with E-state index >= 15 is 0 Å².